The van der Waals surface area contributed by atoms with Crippen molar-refractivity contribution in [1.82, 2.24) is 5.32 Å². The Morgan fingerprint density at radius 2 is 2.26 bits per heavy atom. The molecule has 19 heavy (non-hydrogen) atoms. The molecule has 104 valence electrons. The zero-order chi connectivity index (χ0) is 13.7. The van der Waals surface area contributed by atoms with Gasteiger partial charge in [-0.1, -0.05) is 25.1 Å². The summed E-state index contributed by atoms with van der Waals surface area (Å²) < 4.78 is 0. The smallest absolute Gasteiger partial charge is 0.239 e. The van der Waals surface area contributed by atoms with E-state index in [0.717, 1.165) is 25.9 Å². The molecule has 0 aromatic heterocycles. The Hall–Kier alpha value is -1.55. The molecule has 3 N–H and O–H groups in total. The number of carbonyl (C=O) groups is 1. The van der Waals surface area contributed by atoms with Gasteiger partial charge in [-0.25, -0.2) is 0 Å². The van der Waals surface area contributed by atoms with Gasteiger partial charge < -0.3 is 16.0 Å². The summed E-state index contributed by atoms with van der Waals surface area (Å²) in [5, 5.41) is 2.93. The molecule has 0 spiro atoms. The molecule has 4 nitrogen and oxygen atoms in total. The molecule has 1 aromatic carbocycles. The van der Waals surface area contributed by atoms with E-state index in [2.05, 4.69) is 35.3 Å². The first-order chi connectivity index (χ1) is 9.26. The maximum atomic E-state index is 11.9. The van der Waals surface area contributed by atoms with Crippen LogP contribution in [0.3, 0.4) is 0 Å². The molecule has 1 unspecified atom stereocenters. The average molecular weight is 261 g/mol. The number of hydrogen-bond donors (Lipinski definition) is 2. The van der Waals surface area contributed by atoms with Crippen LogP contribution in [-0.4, -0.2) is 32.1 Å². The molecule has 0 saturated carbocycles. The van der Waals surface area contributed by atoms with Crippen molar-refractivity contribution in [1.29, 1.82) is 0 Å². The van der Waals surface area contributed by atoms with Crippen LogP contribution in [0.25, 0.3) is 0 Å². The van der Waals surface area contributed by atoms with Crippen molar-refractivity contribution in [3.05, 3.63) is 29.8 Å². The number of rotatable bonds is 6. The van der Waals surface area contributed by atoms with Crippen molar-refractivity contribution < 1.29 is 4.79 Å². The van der Waals surface area contributed by atoms with E-state index in [1.54, 1.807) is 0 Å². The van der Waals surface area contributed by atoms with Gasteiger partial charge in [0.25, 0.3) is 0 Å². The minimum absolute atomic E-state index is 0.102. The van der Waals surface area contributed by atoms with Crippen LogP contribution in [0.5, 0.6) is 0 Å². The number of anilines is 1. The number of hydrogen-bond acceptors (Lipinski definition) is 3. The van der Waals surface area contributed by atoms with Gasteiger partial charge in [-0.15, -0.1) is 0 Å². The van der Waals surface area contributed by atoms with E-state index < -0.39 is 0 Å². The van der Waals surface area contributed by atoms with Gasteiger partial charge in [0.15, 0.2) is 0 Å². The highest BCUT2D eigenvalue weighted by atomic mass is 16.2. The van der Waals surface area contributed by atoms with Gasteiger partial charge in [-0.05, 0) is 31.0 Å². The van der Waals surface area contributed by atoms with Crippen LogP contribution >= 0.6 is 0 Å². The van der Waals surface area contributed by atoms with Crippen LogP contribution in [0.4, 0.5) is 5.69 Å². The van der Waals surface area contributed by atoms with Crippen LogP contribution in [0.1, 0.15) is 31.2 Å². The summed E-state index contributed by atoms with van der Waals surface area (Å²) in [6.45, 7) is 4.84. The van der Waals surface area contributed by atoms with Gasteiger partial charge in [0.1, 0.15) is 0 Å². The minimum Gasteiger partial charge on any atom is -0.361 e. The van der Waals surface area contributed by atoms with Crippen molar-refractivity contribution in [3.8, 4) is 0 Å². The molecule has 0 aliphatic carbocycles. The molecule has 1 heterocycles. The maximum Gasteiger partial charge on any atom is 0.239 e. The van der Waals surface area contributed by atoms with Gasteiger partial charge in [0, 0.05) is 24.7 Å². The Morgan fingerprint density at radius 3 is 3.00 bits per heavy atom. The second kappa shape index (κ2) is 6.57. The Labute approximate surface area is 115 Å². The topological polar surface area (TPSA) is 58.4 Å². The van der Waals surface area contributed by atoms with Crippen molar-refractivity contribution in [2.45, 2.75) is 25.7 Å². The minimum atomic E-state index is 0.102. The second-order valence-corrected chi connectivity index (χ2v) is 5.06. The number of para-hydroxylation sites is 1. The van der Waals surface area contributed by atoms with Gasteiger partial charge in [0.2, 0.25) is 5.91 Å². The van der Waals surface area contributed by atoms with Crippen LogP contribution in [0.15, 0.2) is 24.3 Å². The number of nitrogens with two attached hydrogens (primary N) is 1. The highest BCUT2D eigenvalue weighted by Gasteiger charge is 2.28. The first-order valence-corrected chi connectivity index (χ1v) is 7.07. The van der Waals surface area contributed by atoms with Crippen molar-refractivity contribution >= 4 is 11.6 Å². The molecule has 0 saturated heterocycles. The second-order valence-electron chi connectivity index (χ2n) is 5.06. The van der Waals surface area contributed by atoms with E-state index >= 15 is 0 Å². The Morgan fingerprint density at radius 1 is 1.47 bits per heavy atom. The van der Waals surface area contributed by atoms with Crippen LogP contribution in [-0.2, 0) is 4.79 Å². The summed E-state index contributed by atoms with van der Waals surface area (Å²) in [6, 6.07) is 8.34. The van der Waals surface area contributed by atoms with Gasteiger partial charge in [0.05, 0.1) is 6.54 Å². The zero-order valence-corrected chi connectivity index (χ0v) is 11.6. The average Bonchev–Trinajstić information content (AvgIpc) is 2.76. The summed E-state index contributed by atoms with van der Waals surface area (Å²) >= 11 is 0. The highest BCUT2D eigenvalue weighted by Crippen LogP contribution is 2.37. The van der Waals surface area contributed by atoms with Crippen molar-refractivity contribution in [3.63, 3.8) is 0 Å². The fourth-order valence-electron chi connectivity index (χ4n) is 2.67. The summed E-state index contributed by atoms with van der Waals surface area (Å²) in [5.41, 5.74) is 8.20. The number of fused-ring (bicyclic) bond motifs is 1. The lowest BCUT2D eigenvalue weighted by Gasteiger charge is -2.19. The van der Waals surface area contributed by atoms with Gasteiger partial charge >= 0.3 is 0 Å². The molecule has 4 heteroatoms. The van der Waals surface area contributed by atoms with Crippen LogP contribution < -0.4 is 16.0 Å². The first kappa shape index (κ1) is 13.9. The summed E-state index contributed by atoms with van der Waals surface area (Å²) in [6.07, 6.45) is 1.95. The Balaban J connectivity index is 2.05. The molecule has 1 aliphatic rings. The van der Waals surface area contributed by atoms with E-state index in [1.165, 1.54) is 11.3 Å². The standard InChI is InChI=1S/C15H23N3O/c1-2-9-17-15(19)11-18-10-12(7-8-16)13-5-3-4-6-14(13)18/h3-6,12H,2,7-11,16H2,1H3,(H,17,19). The molecule has 1 aromatic rings. The highest BCUT2D eigenvalue weighted by molar-refractivity contribution is 5.82. The monoisotopic (exact) mass is 261 g/mol. The molecule has 2 rings (SSSR count). The molecule has 0 fully saturated rings. The predicted octanol–water partition coefficient (Wildman–Crippen LogP) is 1.47. The number of benzene rings is 1. The quantitative estimate of drug-likeness (QED) is 0.815. The number of nitrogens with one attached hydrogen (secondary N) is 1. The van der Waals surface area contributed by atoms with Gasteiger partial charge in [-0.2, -0.15) is 0 Å². The van der Waals surface area contributed by atoms with E-state index in [-0.39, 0.29) is 5.91 Å². The lowest BCUT2D eigenvalue weighted by Crippen LogP contribution is -2.37. The largest absolute Gasteiger partial charge is 0.361 e. The molecular weight excluding hydrogens is 238 g/mol. The normalized spacial score (nSPS) is 17.4. The molecule has 0 bridgehead atoms. The molecule has 1 atom stereocenters. The molecule has 1 aliphatic heterocycles. The number of nitrogens with zero attached hydrogens (tertiary/aromatic N) is 1. The third-order valence-corrected chi connectivity index (χ3v) is 3.58. The number of carbonyl (C=O) groups excluding carboxylic acids is 1. The third-order valence-electron chi connectivity index (χ3n) is 3.58. The lowest BCUT2D eigenvalue weighted by atomic mass is 9.98. The van der Waals surface area contributed by atoms with Crippen LogP contribution in [0.2, 0.25) is 0 Å². The van der Waals surface area contributed by atoms with Crippen molar-refractivity contribution in [2.75, 3.05) is 31.1 Å². The van der Waals surface area contributed by atoms with E-state index in [9.17, 15) is 4.79 Å². The third kappa shape index (κ3) is 3.26. The van der Waals surface area contributed by atoms with Crippen molar-refractivity contribution in [2.24, 2.45) is 5.73 Å². The van der Waals surface area contributed by atoms with E-state index in [1.807, 2.05) is 6.07 Å². The summed E-state index contributed by atoms with van der Waals surface area (Å²) in [5.74, 6) is 0.560. The van der Waals surface area contributed by atoms with Gasteiger partial charge in [-0.3, -0.25) is 4.79 Å². The molecule has 0 radical (unpaired) electrons. The lowest BCUT2D eigenvalue weighted by molar-refractivity contribution is -0.119. The molecular formula is C15H23N3O. The van der Waals surface area contributed by atoms with E-state index in [0.29, 0.717) is 19.0 Å². The van der Waals surface area contributed by atoms with E-state index in [4.69, 9.17) is 5.73 Å². The molecule has 1 amide bonds. The zero-order valence-electron chi connectivity index (χ0n) is 11.6. The first-order valence-electron chi connectivity index (χ1n) is 7.07. The fourth-order valence-corrected chi connectivity index (χ4v) is 2.67. The fraction of sp³-hybridized carbons (Fsp3) is 0.533. The SMILES string of the molecule is CCCNC(=O)CN1CC(CCN)c2ccccc21. The summed E-state index contributed by atoms with van der Waals surface area (Å²) in [4.78, 5) is 14.0. The van der Waals surface area contributed by atoms with Crippen LogP contribution in [0, 0.1) is 0 Å². The number of amides is 1. The maximum absolute atomic E-state index is 11.9. The Bertz CT molecular complexity index is 433. The predicted molar refractivity (Wildman–Crippen MR) is 78.4 cm³/mol. The summed E-state index contributed by atoms with van der Waals surface area (Å²) in [7, 11) is 0. The Kier molecular flexibility index (Phi) is 4.80.